The van der Waals surface area contributed by atoms with Crippen LogP contribution in [0.25, 0.3) is 16.6 Å². The molecule has 1 saturated heterocycles. The number of alkyl halides is 1. The lowest BCUT2D eigenvalue weighted by atomic mass is 10.0. The summed E-state index contributed by atoms with van der Waals surface area (Å²) in [6.07, 6.45) is -0.201. The molecule has 3 heterocycles. The monoisotopic (exact) mass is 536 g/mol. The third-order valence-electron chi connectivity index (χ3n) is 6.56. The predicted molar refractivity (Wildman–Crippen MR) is 139 cm³/mol. The van der Waals surface area contributed by atoms with Gasteiger partial charge in [0.25, 0.3) is 0 Å². The van der Waals surface area contributed by atoms with Gasteiger partial charge in [-0.1, -0.05) is 48.0 Å². The number of Topliss-reactive ketones (excluding diaryl/α,β-unsaturated/α-hetero) is 1. The Bertz CT molecular complexity index is 1570. The van der Waals surface area contributed by atoms with Crippen molar-refractivity contribution in [1.29, 1.82) is 0 Å². The van der Waals surface area contributed by atoms with Crippen LogP contribution in [0, 0.1) is 5.82 Å². The molecule has 1 N–H and O–H groups in total. The number of anilines is 1. The molecule has 0 saturated carbocycles. The minimum absolute atomic E-state index is 0.104. The predicted octanol–water partition coefficient (Wildman–Crippen LogP) is 5.12. The quantitative estimate of drug-likeness (QED) is 0.347. The van der Waals surface area contributed by atoms with E-state index in [0.717, 1.165) is 4.90 Å². The number of aromatic nitrogens is 2. The zero-order valence-electron chi connectivity index (χ0n) is 20.3. The maximum absolute atomic E-state index is 15.4. The molecule has 194 valence electrons. The largest absolute Gasteiger partial charge is 0.327 e. The van der Waals surface area contributed by atoms with Gasteiger partial charge in [-0.3, -0.25) is 14.4 Å². The van der Waals surface area contributed by atoms with Crippen LogP contribution < -0.4 is 5.32 Å². The highest BCUT2D eigenvalue weighted by atomic mass is 35.5. The van der Waals surface area contributed by atoms with Crippen molar-refractivity contribution in [1.82, 2.24) is 14.3 Å². The summed E-state index contributed by atoms with van der Waals surface area (Å²) in [7, 11) is 0. The Hall–Kier alpha value is -4.11. The number of nitrogens with one attached hydrogen (secondary N) is 1. The standard InChI is InChI=1S/C28H23ClF2N4O3/c1-16(36)27-22-11-4-5-12-34(22)24(33-27)14-25(37)35-15-17(30)13-23(35)28(38)32-21-10-6-8-19(26(21)31)18-7-2-3-9-20(18)29/h2-12,17,23H,13-15H2,1H3,(H,32,38)/t17-,23+/m1/s1. The molecule has 1 aliphatic rings. The number of amides is 2. The van der Waals surface area contributed by atoms with Crippen LogP contribution in [0.2, 0.25) is 5.02 Å². The molecule has 0 bridgehead atoms. The van der Waals surface area contributed by atoms with Crippen LogP contribution in [-0.4, -0.2) is 50.6 Å². The van der Waals surface area contributed by atoms with E-state index in [0.29, 0.717) is 21.9 Å². The van der Waals surface area contributed by atoms with E-state index in [4.69, 9.17) is 11.6 Å². The molecule has 1 aliphatic heterocycles. The Morgan fingerprint density at radius 2 is 1.79 bits per heavy atom. The Labute approximate surface area is 222 Å². The molecule has 5 rings (SSSR count). The van der Waals surface area contributed by atoms with E-state index < -0.39 is 29.8 Å². The lowest BCUT2D eigenvalue weighted by molar-refractivity contribution is -0.136. The van der Waals surface area contributed by atoms with Gasteiger partial charge in [0, 0.05) is 35.7 Å². The van der Waals surface area contributed by atoms with Crippen LogP contribution in [0.3, 0.4) is 0 Å². The maximum Gasteiger partial charge on any atom is 0.247 e. The van der Waals surface area contributed by atoms with Crippen molar-refractivity contribution in [3.8, 4) is 11.1 Å². The number of hydrogen-bond acceptors (Lipinski definition) is 4. The van der Waals surface area contributed by atoms with Gasteiger partial charge >= 0.3 is 0 Å². The number of imidazole rings is 1. The van der Waals surface area contributed by atoms with Crippen molar-refractivity contribution in [2.24, 2.45) is 0 Å². The second kappa shape index (κ2) is 10.3. The Morgan fingerprint density at radius 1 is 1.05 bits per heavy atom. The van der Waals surface area contributed by atoms with E-state index in [9.17, 15) is 18.8 Å². The summed E-state index contributed by atoms with van der Waals surface area (Å²) in [5.74, 6) is -1.87. The fourth-order valence-electron chi connectivity index (χ4n) is 4.76. The number of fused-ring (bicyclic) bond motifs is 1. The summed E-state index contributed by atoms with van der Waals surface area (Å²) in [5.41, 5.74) is 1.33. The summed E-state index contributed by atoms with van der Waals surface area (Å²) in [6, 6.07) is 15.3. The average molecular weight is 537 g/mol. The molecule has 0 radical (unpaired) electrons. The number of hydrogen-bond donors (Lipinski definition) is 1. The molecule has 4 aromatic rings. The summed E-state index contributed by atoms with van der Waals surface area (Å²) in [4.78, 5) is 43.9. The van der Waals surface area contributed by atoms with Crippen LogP contribution in [0.15, 0.2) is 66.9 Å². The first-order valence-electron chi connectivity index (χ1n) is 12.0. The fraction of sp³-hybridized carbons (Fsp3) is 0.214. The van der Waals surface area contributed by atoms with Gasteiger partial charge in [-0.2, -0.15) is 0 Å². The van der Waals surface area contributed by atoms with Crippen LogP contribution in [0.4, 0.5) is 14.5 Å². The highest BCUT2D eigenvalue weighted by molar-refractivity contribution is 6.33. The van der Waals surface area contributed by atoms with E-state index in [-0.39, 0.29) is 42.1 Å². The molecule has 2 aromatic carbocycles. The maximum atomic E-state index is 15.4. The minimum atomic E-state index is -1.42. The molecule has 10 heteroatoms. The molecule has 1 fully saturated rings. The number of halogens is 3. The second-order valence-electron chi connectivity index (χ2n) is 9.10. The normalized spacial score (nSPS) is 17.1. The molecule has 2 atom stereocenters. The van der Waals surface area contributed by atoms with E-state index >= 15 is 4.39 Å². The van der Waals surface area contributed by atoms with Crippen LogP contribution in [0.1, 0.15) is 29.7 Å². The van der Waals surface area contributed by atoms with Gasteiger partial charge in [0.2, 0.25) is 11.8 Å². The Balaban J connectivity index is 1.38. The lowest BCUT2D eigenvalue weighted by Crippen LogP contribution is -2.44. The number of likely N-dealkylation sites (tertiary alicyclic amines) is 1. The number of ketones is 1. The highest BCUT2D eigenvalue weighted by Crippen LogP contribution is 2.33. The smallest absolute Gasteiger partial charge is 0.247 e. The van der Waals surface area contributed by atoms with Crippen LogP contribution in [-0.2, 0) is 16.0 Å². The molecular formula is C28H23ClF2N4O3. The van der Waals surface area contributed by atoms with Crippen molar-refractivity contribution in [3.63, 3.8) is 0 Å². The fourth-order valence-corrected chi connectivity index (χ4v) is 5.00. The molecular weight excluding hydrogens is 514 g/mol. The van der Waals surface area contributed by atoms with E-state index in [1.807, 2.05) is 0 Å². The van der Waals surface area contributed by atoms with Crippen molar-refractivity contribution < 1.29 is 23.2 Å². The summed E-state index contributed by atoms with van der Waals surface area (Å²) in [5, 5.41) is 2.87. The first kappa shape index (κ1) is 25.5. The number of nitrogens with zero attached hydrogens (tertiary/aromatic N) is 3. The van der Waals surface area contributed by atoms with Gasteiger partial charge in [0.1, 0.15) is 23.7 Å². The van der Waals surface area contributed by atoms with Crippen LogP contribution >= 0.6 is 11.6 Å². The van der Waals surface area contributed by atoms with E-state index in [2.05, 4.69) is 10.3 Å². The molecule has 2 amide bonds. The SMILES string of the molecule is CC(=O)c1nc(CC(=O)N2C[C@H](F)C[C@H]2C(=O)Nc2cccc(-c3ccccc3Cl)c2F)n2ccccc12. The molecule has 0 spiro atoms. The zero-order chi connectivity index (χ0) is 27.0. The highest BCUT2D eigenvalue weighted by Gasteiger charge is 2.40. The second-order valence-corrected chi connectivity index (χ2v) is 9.50. The van der Waals surface area contributed by atoms with Gasteiger partial charge in [-0.25, -0.2) is 13.8 Å². The molecule has 0 unspecified atom stereocenters. The molecule has 7 nitrogen and oxygen atoms in total. The number of benzene rings is 2. The van der Waals surface area contributed by atoms with Crippen molar-refractivity contribution >= 4 is 40.4 Å². The third kappa shape index (κ3) is 4.77. The molecule has 38 heavy (non-hydrogen) atoms. The third-order valence-corrected chi connectivity index (χ3v) is 6.89. The average Bonchev–Trinajstić information content (AvgIpc) is 3.47. The van der Waals surface area contributed by atoms with Gasteiger partial charge in [0.05, 0.1) is 24.2 Å². The first-order chi connectivity index (χ1) is 18.2. The zero-order valence-corrected chi connectivity index (χ0v) is 21.1. The van der Waals surface area contributed by atoms with Gasteiger partial charge in [-0.15, -0.1) is 0 Å². The van der Waals surface area contributed by atoms with Crippen molar-refractivity contribution in [2.75, 3.05) is 11.9 Å². The minimum Gasteiger partial charge on any atom is -0.327 e. The molecule has 2 aromatic heterocycles. The Kier molecular flexibility index (Phi) is 6.94. The van der Waals surface area contributed by atoms with Crippen molar-refractivity contribution in [3.05, 3.63) is 89.2 Å². The lowest BCUT2D eigenvalue weighted by Gasteiger charge is -2.23. The van der Waals surface area contributed by atoms with Crippen molar-refractivity contribution in [2.45, 2.75) is 32.0 Å². The van der Waals surface area contributed by atoms with Crippen LogP contribution in [0.5, 0.6) is 0 Å². The summed E-state index contributed by atoms with van der Waals surface area (Å²) < 4.78 is 31.4. The Morgan fingerprint density at radius 3 is 2.55 bits per heavy atom. The number of carbonyl (C=O) groups is 3. The molecule has 0 aliphatic carbocycles. The first-order valence-corrected chi connectivity index (χ1v) is 12.4. The number of rotatable bonds is 6. The number of carbonyl (C=O) groups excluding carboxylic acids is 3. The number of pyridine rings is 1. The topological polar surface area (TPSA) is 83.8 Å². The van der Waals surface area contributed by atoms with E-state index in [1.54, 1.807) is 65.2 Å². The summed E-state index contributed by atoms with van der Waals surface area (Å²) >= 11 is 6.22. The van der Waals surface area contributed by atoms with Gasteiger partial charge in [-0.05, 0) is 24.3 Å². The summed E-state index contributed by atoms with van der Waals surface area (Å²) in [6.45, 7) is 1.11. The van der Waals surface area contributed by atoms with Gasteiger partial charge in [0.15, 0.2) is 11.6 Å². The van der Waals surface area contributed by atoms with E-state index in [1.165, 1.54) is 13.0 Å². The van der Waals surface area contributed by atoms with Gasteiger partial charge < -0.3 is 14.6 Å².